The topological polar surface area (TPSA) is 58.5 Å². The van der Waals surface area contributed by atoms with Crippen LogP contribution in [0, 0.1) is 0 Å². The van der Waals surface area contributed by atoms with E-state index >= 15 is 0 Å². The molecule has 0 radical (unpaired) electrons. The standard InChI is InChI=1S/C8H14N2O2S/c1-2-3-8(11)10-13(12)6-4-9-5-7-13/h2-3,9H,4-7H2,1H3/b3-2+. The Labute approximate surface area is 78.6 Å². The number of hydrogen-bond acceptors (Lipinski definition) is 3. The molecule has 1 saturated heterocycles. The van der Waals surface area contributed by atoms with Gasteiger partial charge in [0.25, 0.3) is 5.91 Å². The molecule has 1 aliphatic rings. The summed E-state index contributed by atoms with van der Waals surface area (Å²) in [6.45, 7) is 3.11. The Hall–Kier alpha value is -0.680. The molecule has 74 valence electrons. The van der Waals surface area contributed by atoms with Crippen LogP contribution in [0.4, 0.5) is 0 Å². The number of hydrogen-bond donors (Lipinski definition) is 1. The molecule has 1 amide bonds. The maximum atomic E-state index is 11.8. The molecule has 0 spiro atoms. The van der Waals surface area contributed by atoms with Crippen molar-refractivity contribution in [1.29, 1.82) is 0 Å². The Morgan fingerprint density at radius 2 is 2.08 bits per heavy atom. The zero-order valence-corrected chi connectivity index (χ0v) is 8.47. The van der Waals surface area contributed by atoms with Gasteiger partial charge in [0.15, 0.2) is 0 Å². The predicted octanol–water partition coefficient (Wildman–Crippen LogP) is 0.160. The van der Waals surface area contributed by atoms with Crippen LogP contribution < -0.4 is 5.32 Å². The predicted molar refractivity (Wildman–Crippen MR) is 53.0 cm³/mol. The zero-order chi connectivity index (χ0) is 9.73. The molecule has 0 aromatic heterocycles. The summed E-state index contributed by atoms with van der Waals surface area (Å²) in [7, 11) is -2.25. The van der Waals surface area contributed by atoms with Crippen LogP contribution in [-0.2, 0) is 14.5 Å². The minimum absolute atomic E-state index is 0.380. The lowest BCUT2D eigenvalue weighted by Gasteiger charge is -2.15. The van der Waals surface area contributed by atoms with Crippen LogP contribution >= 0.6 is 0 Å². The highest BCUT2D eigenvalue weighted by Crippen LogP contribution is 2.00. The average molecular weight is 202 g/mol. The van der Waals surface area contributed by atoms with Crippen molar-refractivity contribution >= 4 is 15.6 Å². The van der Waals surface area contributed by atoms with Crippen LogP contribution in [-0.4, -0.2) is 34.7 Å². The van der Waals surface area contributed by atoms with Gasteiger partial charge in [0.2, 0.25) is 0 Å². The number of carbonyl (C=O) groups is 1. The first-order valence-corrected chi connectivity index (χ1v) is 6.11. The molecule has 0 atom stereocenters. The minimum atomic E-state index is -2.25. The lowest BCUT2D eigenvalue weighted by molar-refractivity contribution is -0.113. The van der Waals surface area contributed by atoms with E-state index in [1.165, 1.54) is 6.08 Å². The second-order valence-corrected chi connectivity index (χ2v) is 5.40. The van der Waals surface area contributed by atoms with Crippen molar-refractivity contribution in [1.82, 2.24) is 5.32 Å². The van der Waals surface area contributed by atoms with E-state index in [1.54, 1.807) is 13.0 Å². The second kappa shape index (κ2) is 4.53. The van der Waals surface area contributed by atoms with Crippen molar-refractivity contribution in [2.45, 2.75) is 6.92 Å². The van der Waals surface area contributed by atoms with E-state index < -0.39 is 9.73 Å². The van der Waals surface area contributed by atoms with Crippen molar-refractivity contribution in [3.05, 3.63) is 12.2 Å². The van der Waals surface area contributed by atoms with Gasteiger partial charge < -0.3 is 5.32 Å². The van der Waals surface area contributed by atoms with Crippen LogP contribution in [0.5, 0.6) is 0 Å². The average Bonchev–Trinajstić information content (AvgIpc) is 2.04. The quantitative estimate of drug-likeness (QED) is 0.616. The zero-order valence-electron chi connectivity index (χ0n) is 7.66. The summed E-state index contributed by atoms with van der Waals surface area (Å²) in [4.78, 5) is 11.1. The van der Waals surface area contributed by atoms with Gasteiger partial charge in [-0.25, -0.2) is 4.21 Å². The van der Waals surface area contributed by atoms with Crippen molar-refractivity contribution in [2.75, 3.05) is 24.6 Å². The van der Waals surface area contributed by atoms with E-state index in [0.717, 1.165) is 0 Å². The summed E-state index contributed by atoms with van der Waals surface area (Å²) in [6, 6.07) is 0. The number of allylic oxidation sites excluding steroid dienone is 1. The first-order chi connectivity index (χ1) is 6.16. The third-order valence-corrected chi connectivity index (χ3v) is 3.96. The van der Waals surface area contributed by atoms with Crippen LogP contribution in [0.1, 0.15) is 6.92 Å². The molecule has 0 unspecified atom stereocenters. The molecule has 0 aromatic rings. The molecule has 5 heteroatoms. The van der Waals surface area contributed by atoms with Crippen molar-refractivity contribution in [2.24, 2.45) is 4.36 Å². The molecule has 13 heavy (non-hydrogen) atoms. The van der Waals surface area contributed by atoms with Gasteiger partial charge in [0.1, 0.15) is 0 Å². The molecule has 1 N–H and O–H groups in total. The highest BCUT2D eigenvalue weighted by Gasteiger charge is 2.14. The Morgan fingerprint density at radius 3 is 2.62 bits per heavy atom. The van der Waals surface area contributed by atoms with E-state index in [-0.39, 0.29) is 5.91 Å². The van der Waals surface area contributed by atoms with E-state index in [1.807, 2.05) is 0 Å². The fourth-order valence-corrected chi connectivity index (χ4v) is 2.82. The Morgan fingerprint density at radius 1 is 1.46 bits per heavy atom. The minimum Gasteiger partial charge on any atom is -0.315 e. The van der Waals surface area contributed by atoms with Gasteiger partial charge in [-0.2, -0.15) is 4.36 Å². The number of rotatable bonds is 1. The van der Waals surface area contributed by atoms with Crippen LogP contribution in [0.2, 0.25) is 0 Å². The van der Waals surface area contributed by atoms with Gasteiger partial charge in [-0.3, -0.25) is 4.79 Å². The summed E-state index contributed by atoms with van der Waals surface area (Å²) in [6.07, 6.45) is 2.95. The fourth-order valence-electron chi connectivity index (χ4n) is 1.12. The van der Waals surface area contributed by atoms with Crippen molar-refractivity contribution < 1.29 is 9.00 Å². The first-order valence-electron chi connectivity index (χ1n) is 4.26. The van der Waals surface area contributed by atoms with Gasteiger partial charge in [-0.1, -0.05) is 6.08 Å². The molecule has 1 aliphatic heterocycles. The number of carbonyl (C=O) groups excluding carboxylic acids is 1. The molecule has 0 aliphatic carbocycles. The van der Waals surface area contributed by atoms with Gasteiger partial charge in [0, 0.05) is 30.7 Å². The number of amides is 1. The van der Waals surface area contributed by atoms with Gasteiger partial charge in [-0.05, 0) is 6.92 Å². The molecule has 0 aromatic carbocycles. The number of nitrogens with zero attached hydrogens (tertiary/aromatic N) is 1. The van der Waals surface area contributed by atoms with E-state index in [4.69, 9.17) is 0 Å². The van der Waals surface area contributed by atoms with Crippen LogP contribution in [0.3, 0.4) is 0 Å². The van der Waals surface area contributed by atoms with Gasteiger partial charge in [0.05, 0.1) is 9.73 Å². The van der Waals surface area contributed by atoms with Gasteiger partial charge in [-0.15, -0.1) is 0 Å². The second-order valence-electron chi connectivity index (χ2n) is 2.86. The molecule has 0 bridgehead atoms. The van der Waals surface area contributed by atoms with Crippen LogP contribution in [0.25, 0.3) is 0 Å². The fraction of sp³-hybridized carbons (Fsp3) is 0.625. The van der Waals surface area contributed by atoms with Crippen molar-refractivity contribution in [3.8, 4) is 0 Å². The Kier molecular flexibility index (Phi) is 3.62. The smallest absolute Gasteiger partial charge is 0.277 e. The summed E-state index contributed by atoms with van der Waals surface area (Å²) < 4.78 is 15.5. The maximum absolute atomic E-state index is 11.8. The molecular weight excluding hydrogens is 188 g/mol. The maximum Gasteiger partial charge on any atom is 0.277 e. The lowest BCUT2D eigenvalue weighted by Crippen LogP contribution is -2.36. The summed E-state index contributed by atoms with van der Waals surface area (Å²) in [5, 5.41) is 3.08. The van der Waals surface area contributed by atoms with Crippen molar-refractivity contribution in [3.63, 3.8) is 0 Å². The Balaban J connectivity index is 2.78. The lowest BCUT2D eigenvalue weighted by atomic mass is 10.5. The van der Waals surface area contributed by atoms with Gasteiger partial charge >= 0.3 is 0 Å². The van der Waals surface area contributed by atoms with E-state index in [0.29, 0.717) is 24.6 Å². The first kappa shape index (κ1) is 10.4. The Bertz CT molecular complexity index is 315. The molecule has 0 saturated carbocycles. The summed E-state index contributed by atoms with van der Waals surface area (Å²) in [5.41, 5.74) is 0. The largest absolute Gasteiger partial charge is 0.315 e. The monoisotopic (exact) mass is 202 g/mol. The normalized spacial score (nSPS) is 21.6. The third kappa shape index (κ3) is 3.28. The molecule has 1 heterocycles. The molecule has 4 nitrogen and oxygen atoms in total. The highest BCUT2D eigenvalue weighted by molar-refractivity contribution is 7.94. The highest BCUT2D eigenvalue weighted by atomic mass is 32.2. The van der Waals surface area contributed by atoms with Crippen LogP contribution in [0.15, 0.2) is 16.5 Å². The third-order valence-electron chi connectivity index (χ3n) is 1.76. The molecule has 1 fully saturated rings. The SMILES string of the molecule is C/C=C/C(=O)N=S1(=O)CCNCC1. The molecule has 1 rings (SSSR count). The van der Waals surface area contributed by atoms with E-state index in [2.05, 4.69) is 9.68 Å². The molecular formula is C8H14N2O2S. The summed E-state index contributed by atoms with van der Waals surface area (Å²) >= 11 is 0. The summed E-state index contributed by atoms with van der Waals surface area (Å²) in [5.74, 6) is 0.585. The number of nitrogens with one attached hydrogen (secondary N) is 1. The van der Waals surface area contributed by atoms with E-state index in [9.17, 15) is 9.00 Å².